The molecule has 5 heteroatoms. The Labute approximate surface area is 228 Å². The predicted molar refractivity (Wildman–Crippen MR) is 160 cm³/mol. The van der Waals surface area contributed by atoms with Gasteiger partial charge in [-0.25, -0.2) is 4.98 Å². The molecule has 4 aromatic heterocycles. The lowest BCUT2D eigenvalue weighted by Crippen LogP contribution is -1.95. The van der Waals surface area contributed by atoms with E-state index in [1.807, 2.05) is 30.5 Å². The van der Waals surface area contributed by atoms with Crippen molar-refractivity contribution in [2.75, 3.05) is 0 Å². The van der Waals surface area contributed by atoms with Crippen LogP contribution in [-0.4, -0.2) is 14.5 Å². The van der Waals surface area contributed by atoms with Crippen LogP contribution in [0.15, 0.2) is 131 Å². The van der Waals surface area contributed by atoms with Gasteiger partial charge in [0.2, 0.25) is 5.89 Å². The molecule has 8 rings (SSSR count). The molecule has 4 aromatic carbocycles. The standard InChI is InChI=1S/C34H21N3OS/c1-3-11-30-26(9-1)27-15-14-24(34-36-28-10-2-4-12-32(28)38-34)21-31(27)37(30)25-8-5-7-22(19-25)29-20-23(16-17-35-29)33-13-6-18-39-33/h1-21H. The summed E-state index contributed by atoms with van der Waals surface area (Å²) in [6, 6.07) is 40.0. The average Bonchev–Trinajstić information content (AvgIpc) is 3.75. The monoisotopic (exact) mass is 519 g/mol. The molecule has 39 heavy (non-hydrogen) atoms. The Balaban J connectivity index is 1.31. The van der Waals surface area contributed by atoms with Crippen molar-refractivity contribution in [2.45, 2.75) is 0 Å². The van der Waals surface area contributed by atoms with Gasteiger partial charge >= 0.3 is 0 Å². The molecule has 0 unspecified atom stereocenters. The van der Waals surface area contributed by atoms with Crippen LogP contribution < -0.4 is 0 Å². The van der Waals surface area contributed by atoms with E-state index in [0.29, 0.717) is 5.89 Å². The van der Waals surface area contributed by atoms with Gasteiger partial charge in [0.25, 0.3) is 0 Å². The van der Waals surface area contributed by atoms with Crippen LogP contribution >= 0.6 is 11.3 Å². The SMILES string of the molecule is c1cc(-c2cc(-c3cccs3)ccn2)cc(-n2c3ccccc3c3ccc(-c4nc5ccccc5o4)cc32)c1. The van der Waals surface area contributed by atoms with Gasteiger partial charge in [0.1, 0.15) is 5.52 Å². The molecule has 0 atom stereocenters. The van der Waals surface area contributed by atoms with E-state index < -0.39 is 0 Å². The molecule has 8 aromatic rings. The van der Waals surface area contributed by atoms with Crippen LogP contribution in [0.2, 0.25) is 0 Å². The summed E-state index contributed by atoms with van der Waals surface area (Å²) in [5, 5.41) is 4.50. The Morgan fingerprint density at radius 3 is 2.46 bits per heavy atom. The molecule has 0 N–H and O–H groups in total. The Kier molecular flexibility index (Phi) is 4.96. The number of oxazole rings is 1. The minimum Gasteiger partial charge on any atom is -0.436 e. The first-order valence-corrected chi connectivity index (χ1v) is 13.7. The van der Waals surface area contributed by atoms with Crippen LogP contribution in [-0.2, 0) is 0 Å². The van der Waals surface area contributed by atoms with E-state index in [0.717, 1.165) is 44.6 Å². The number of aromatic nitrogens is 3. The normalized spacial score (nSPS) is 11.6. The van der Waals surface area contributed by atoms with Gasteiger partial charge in [-0.05, 0) is 71.6 Å². The highest BCUT2D eigenvalue weighted by Gasteiger charge is 2.16. The smallest absolute Gasteiger partial charge is 0.227 e. The molecular weight excluding hydrogens is 498 g/mol. The first-order chi connectivity index (χ1) is 19.3. The Morgan fingerprint density at radius 1 is 0.641 bits per heavy atom. The van der Waals surface area contributed by atoms with Crippen LogP contribution in [0.1, 0.15) is 0 Å². The molecule has 0 saturated carbocycles. The molecular formula is C34H21N3OS. The number of fused-ring (bicyclic) bond motifs is 4. The minimum absolute atomic E-state index is 0.623. The van der Waals surface area contributed by atoms with Crippen molar-refractivity contribution < 1.29 is 4.42 Å². The molecule has 4 nitrogen and oxygen atoms in total. The van der Waals surface area contributed by atoms with Crippen molar-refractivity contribution in [3.8, 4) is 38.8 Å². The van der Waals surface area contributed by atoms with Gasteiger partial charge in [-0.1, -0.05) is 54.6 Å². The van der Waals surface area contributed by atoms with Gasteiger partial charge in [-0.3, -0.25) is 4.98 Å². The Bertz CT molecular complexity index is 2100. The zero-order chi connectivity index (χ0) is 25.8. The summed E-state index contributed by atoms with van der Waals surface area (Å²) in [4.78, 5) is 10.7. The zero-order valence-electron chi connectivity index (χ0n) is 20.8. The zero-order valence-corrected chi connectivity index (χ0v) is 21.6. The third-order valence-corrected chi connectivity index (χ3v) is 8.10. The highest BCUT2D eigenvalue weighted by molar-refractivity contribution is 7.13. The molecule has 0 fully saturated rings. The second-order valence-electron chi connectivity index (χ2n) is 9.53. The fourth-order valence-electron chi connectivity index (χ4n) is 5.37. The number of rotatable bonds is 4. The molecule has 0 aliphatic carbocycles. The molecule has 0 radical (unpaired) electrons. The lowest BCUT2D eigenvalue weighted by molar-refractivity contribution is 0.620. The van der Waals surface area contributed by atoms with Gasteiger partial charge < -0.3 is 8.98 Å². The maximum absolute atomic E-state index is 6.11. The summed E-state index contributed by atoms with van der Waals surface area (Å²) in [5.74, 6) is 0.623. The van der Waals surface area contributed by atoms with E-state index in [1.54, 1.807) is 11.3 Å². The van der Waals surface area contributed by atoms with E-state index in [4.69, 9.17) is 14.4 Å². The van der Waals surface area contributed by atoms with Gasteiger partial charge in [0, 0.05) is 38.7 Å². The second kappa shape index (κ2) is 8.79. The summed E-state index contributed by atoms with van der Waals surface area (Å²) in [5.41, 5.74) is 9.15. The van der Waals surface area contributed by atoms with Crippen molar-refractivity contribution in [3.05, 3.63) is 127 Å². The maximum atomic E-state index is 6.11. The molecule has 184 valence electrons. The van der Waals surface area contributed by atoms with E-state index in [-0.39, 0.29) is 0 Å². The number of hydrogen-bond donors (Lipinski definition) is 0. The van der Waals surface area contributed by atoms with E-state index in [9.17, 15) is 0 Å². The van der Waals surface area contributed by atoms with Crippen molar-refractivity contribution in [2.24, 2.45) is 0 Å². The average molecular weight is 520 g/mol. The summed E-state index contributed by atoms with van der Waals surface area (Å²) >= 11 is 1.74. The maximum Gasteiger partial charge on any atom is 0.227 e. The van der Waals surface area contributed by atoms with Crippen LogP contribution in [0.25, 0.3) is 71.7 Å². The fraction of sp³-hybridized carbons (Fsp3) is 0. The molecule has 0 aliphatic heterocycles. The quantitative estimate of drug-likeness (QED) is 0.233. The van der Waals surface area contributed by atoms with Crippen LogP contribution in [0.5, 0.6) is 0 Å². The fourth-order valence-corrected chi connectivity index (χ4v) is 6.09. The first-order valence-electron chi connectivity index (χ1n) is 12.8. The second-order valence-corrected chi connectivity index (χ2v) is 10.5. The topological polar surface area (TPSA) is 43.9 Å². The third kappa shape index (κ3) is 3.67. The number of benzene rings is 4. The summed E-state index contributed by atoms with van der Waals surface area (Å²) in [6.45, 7) is 0. The number of pyridine rings is 1. The molecule has 0 bridgehead atoms. The van der Waals surface area contributed by atoms with Gasteiger partial charge in [-0.2, -0.15) is 0 Å². The lowest BCUT2D eigenvalue weighted by Gasteiger charge is -2.11. The number of para-hydroxylation sites is 3. The molecule has 0 spiro atoms. The van der Waals surface area contributed by atoms with Crippen molar-refractivity contribution in [1.29, 1.82) is 0 Å². The molecule has 0 aliphatic rings. The summed E-state index contributed by atoms with van der Waals surface area (Å²) < 4.78 is 8.44. The highest BCUT2D eigenvalue weighted by Crippen LogP contribution is 2.36. The van der Waals surface area contributed by atoms with E-state index in [1.165, 1.54) is 21.2 Å². The van der Waals surface area contributed by atoms with Crippen LogP contribution in [0.3, 0.4) is 0 Å². The number of hydrogen-bond acceptors (Lipinski definition) is 4. The molecule has 4 heterocycles. The number of nitrogens with zero attached hydrogens (tertiary/aromatic N) is 3. The van der Waals surface area contributed by atoms with Crippen molar-refractivity contribution in [3.63, 3.8) is 0 Å². The van der Waals surface area contributed by atoms with Crippen molar-refractivity contribution >= 4 is 44.2 Å². The molecule has 0 saturated heterocycles. The van der Waals surface area contributed by atoms with Crippen molar-refractivity contribution in [1.82, 2.24) is 14.5 Å². The lowest BCUT2D eigenvalue weighted by atomic mass is 10.1. The minimum atomic E-state index is 0.623. The van der Waals surface area contributed by atoms with Gasteiger partial charge in [0.05, 0.1) is 16.7 Å². The Hall–Kier alpha value is -5.00. The van der Waals surface area contributed by atoms with E-state index >= 15 is 0 Å². The summed E-state index contributed by atoms with van der Waals surface area (Å²) in [7, 11) is 0. The predicted octanol–water partition coefficient (Wildman–Crippen LogP) is 9.38. The largest absolute Gasteiger partial charge is 0.436 e. The van der Waals surface area contributed by atoms with Gasteiger partial charge in [0.15, 0.2) is 5.58 Å². The Morgan fingerprint density at radius 2 is 1.54 bits per heavy atom. The van der Waals surface area contributed by atoms with Crippen LogP contribution in [0.4, 0.5) is 0 Å². The number of thiophene rings is 1. The van der Waals surface area contributed by atoms with Gasteiger partial charge in [-0.15, -0.1) is 11.3 Å². The third-order valence-electron chi connectivity index (χ3n) is 7.18. The van der Waals surface area contributed by atoms with Crippen LogP contribution in [0, 0.1) is 0 Å². The van der Waals surface area contributed by atoms with E-state index in [2.05, 4.69) is 101 Å². The first kappa shape index (κ1) is 22.0. The highest BCUT2D eigenvalue weighted by atomic mass is 32.1. The molecule has 0 amide bonds. The summed E-state index contributed by atoms with van der Waals surface area (Å²) in [6.07, 6.45) is 1.89.